The highest BCUT2D eigenvalue weighted by Gasteiger charge is 2.19. The zero-order valence-electron chi connectivity index (χ0n) is 53.7. The maximum absolute atomic E-state index is 12.9. The normalized spacial score (nSPS) is 13.1. The largest absolute Gasteiger partial charge is 0.462 e. The van der Waals surface area contributed by atoms with Gasteiger partial charge >= 0.3 is 17.9 Å². The average molecular weight is 1150 g/mol. The molecule has 0 saturated heterocycles. The van der Waals surface area contributed by atoms with Crippen molar-refractivity contribution in [1.29, 1.82) is 0 Å². The summed E-state index contributed by atoms with van der Waals surface area (Å²) < 4.78 is 16.9. The van der Waals surface area contributed by atoms with E-state index < -0.39 is 6.10 Å². The summed E-state index contributed by atoms with van der Waals surface area (Å²) in [4.78, 5) is 38.4. The highest BCUT2D eigenvalue weighted by atomic mass is 16.6. The molecule has 6 heteroatoms. The fraction of sp³-hybridized carbons (Fsp3) is 0.623. The maximum Gasteiger partial charge on any atom is 0.306 e. The van der Waals surface area contributed by atoms with Gasteiger partial charge in [0.2, 0.25) is 0 Å². The van der Waals surface area contributed by atoms with Crippen LogP contribution < -0.4 is 0 Å². The monoisotopic (exact) mass is 1140 g/mol. The Balaban J connectivity index is 4.48. The van der Waals surface area contributed by atoms with Gasteiger partial charge in [0.05, 0.1) is 0 Å². The van der Waals surface area contributed by atoms with Crippen molar-refractivity contribution in [3.63, 3.8) is 0 Å². The summed E-state index contributed by atoms with van der Waals surface area (Å²) in [6, 6.07) is 0. The molecule has 0 radical (unpaired) electrons. The van der Waals surface area contributed by atoms with Crippen molar-refractivity contribution < 1.29 is 28.6 Å². The van der Waals surface area contributed by atoms with Gasteiger partial charge in [0, 0.05) is 19.3 Å². The smallest absolute Gasteiger partial charge is 0.306 e. The van der Waals surface area contributed by atoms with Crippen LogP contribution in [0.25, 0.3) is 0 Å². The third-order valence-corrected chi connectivity index (χ3v) is 14.0. The molecular formula is C77H124O6. The Morgan fingerprint density at radius 2 is 0.482 bits per heavy atom. The number of carbonyl (C=O) groups is 3. The van der Waals surface area contributed by atoms with Gasteiger partial charge in [0.25, 0.3) is 0 Å². The van der Waals surface area contributed by atoms with Gasteiger partial charge < -0.3 is 14.2 Å². The Labute approximate surface area is 511 Å². The highest BCUT2D eigenvalue weighted by molar-refractivity contribution is 5.71. The number of hydrogen-bond acceptors (Lipinski definition) is 6. The van der Waals surface area contributed by atoms with Crippen LogP contribution in [0, 0.1) is 0 Å². The van der Waals surface area contributed by atoms with Crippen molar-refractivity contribution >= 4 is 17.9 Å². The lowest BCUT2D eigenvalue weighted by Crippen LogP contribution is -2.30. The van der Waals surface area contributed by atoms with Crippen molar-refractivity contribution in [2.24, 2.45) is 0 Å². The molecule has 0 aromatic heterocycles. The predicted molar refractivity (Wildman–Crippen MR) is 362 cm³/mol. The van der Waals surface area contributed by atoms with E-state index in [1.54, 1.807) is 0 Å². The quantitative estimate of drug-likeness (QED) is 0.0261. The molecule has 0 aliphatic heterocycles. The van der Waals surface area contributed by atoms with Gasteiger partial charge in [-0.25, -0.2) is 0 Å². The van der Waals surface area contributed by atoms with Gasteiger partial charge in [-0.1, -0.05) is 288 Å². The summed E-state index contributed by atoms with van der Waals surface area (Å²) in [6.45, 7) is 6.36. The van der Waals surface area contributed by atoms with Crippen molar-refractivity contribution in [3.05, 3.63) is 158 Å². The SMILES string of the molecule is CC/C=C\C/C=C\C/C=C\C/C=C\C/C=C\C/C=C\C/C=C\C/C=C\C/C=C\CCCC(=O)OCC(COC(=O)CCCCCCC/C=C\C/C=C\C/C=C\CC)OC(=O)CCCCCCCCCCC/C=C\CCCCCCCCCC. The van der Waals surface area contributed by atoms with Crippen molar-refractivity contribution in [2.45, 2.75) is 297 Å². The van der Waals surface area contributed by atoms with Crippen LogP contribution >= 0.6 is 0 Å². The molecule has 0 spiro atoms. The van der Waals surface area contributed by atoms with E-state index in [2.05, 4.69) is 179 Å². The molecule has 0 aromatic rings. The molecule has 468 valence electrons. The van der Waals surface area contributed by atoms with Crippen LogP contribution in [0.5, 0.6) is 0 Å². The molecule has 0 aromatic carbocycles. The van der Waals surface area contributed by atoms with E-state index in [1.807, 2.05) is 0 Å². The molecule has 0 amide bonds. The molecule has 0 heterocycles. The lowest BCUT2D eigenvalue weighted by molar-refractivity contribution is -0.167. The molecule has 0 N–H and O–H groups in total. The molecule has 0 saturated carbocycles. The van der Waals surface area contributed by atoms with Crippen LogP contribution in [0.1, 0.15) is 290 Å². The first-order chi connectivity index (χ1) is 41.0. The van der Waals surface area contributed by atoms with Crippen molar-refractivity contribution in [1.82, 2.24) is 0 Å². The molecule has 6 nitrogen and oxygen atoms in total. The lowest BCUT2D eigenvalue weighted by Gasteiger charge is -2.18. The standard InChI is InChI=1S/C77H124O6/c1-4-7-10-13-16-19-22-25-28-30-32-34-35-36-37-38-39-40-41-43-44-46-49-52-55-58-61-64-67-70-76(79)82-73-74(72-81-75(78)69-66-63-60-57-54-51-48-27-24-21-18-15-12-9-6-3)83-77(80)71-68-65-62-59-56-53-50-47-45-42-33-31-29-26-23-20-17-14-11-8-5-2/h7,9-10,12,16,18-19,21,25,27-28,31-34,36-37,39-40,43-44,48-49,52,58,61,74H,4-6,8,11,13-15,17,20,22-24,26,29-30,35,38,41-42,45-47,50-51,53-57,59-60,62-73H2,1-3H3/b10-7-,12-9-,19-16-,21-18-,28-25-,33-31-,34-32-,37-36-,40-39-,44-43-,48-27-,52-49-,61-58-. The van der Waals surface area contributed by atoms with Crippen LogP contribution in [-0.4, -0.2) is 37.2 Å². The van der Waals surface area contributed by atoms with E-state index in [0.29, 0.717) is 19.3 Å². The van der Waals surface area contributed by atoms with Gasteiger partial charge in [-0.2, -0.15) is 0 Å². The minimum atomic E-state index is -0.819. The van der Waals surface area contributed by atoms with E-state index in [1.165, 1.54) is 103 Å². The van der Waals surface area contributed by atoms with Gasteiger partial charge in [-0.15, -0.1) is 0 Å². The van der Waals surface area contributed by atoms with Crippen LogP contribution in [0.3, 0.4) is 0 Å². The predicted octanol–water partition coefficient (Wildman–Crippen LogP) is 23.7. The molecule has 0 bridgehead atoms. The Kier molecular flexibility index (Phi) is 65.4. The van der Waals surface area contributed by atoms with Crippen LogP contribution in [0.4, 0.5) is 0 Å². The second kappa shape index (κ2) is 69.5. The number of rotatable bonds is 60. The molecule has 1 unspecified atom stereocenters. The summed E-state index contributed by atoms with van der Waals surface area (Å²) in [5.74, 6) is -0.989. The van der Waals surface area contributed by atoms with E-state index >= 15 is 0 Å². The first-order valence-corrected chi connectivity index (χ1v) is 34.0. The van der Waals surface area contributed by atoms with Gasteiger partial charge in [-0.3, -0.25) is 14.4 Å². The summed E-state index contributed by atoms with van der Waals surface area (Å²) in [7, 11) is 0. The summed E-state index contributed by atoms with van der Waals surface area (Å²) >= 11 is 0. The van der Waals surface area contributed by atoms with E-state index in [-0.39, 0.29) is 37.5 Å². The summed E-state index contributed by atoms with van der Waals surface area (Å²) in [6.07, 6.45) is 101. The Morgan fingerprint density at radius 3 is 0.795 bits per heavy atom. The minimum Gasteiger partial charge on any atom is -0.462 e. The second-order valence-corrected chi connectivity index (χ2v) is 22.0. The maximum atomic E-state index is 12.9. The summed E-state index contributed by atoms with van der Waals surface area (Å²) in [5.41, 5.74) is 0. The van der Waals surface area contributed by atoms with E-state index in [0.717, 1.165) is 141 Å². The Bertz CT molecular complexity index is 1840. The molecule has 0 rings (SSSR count). The first-order valence-electron chi connectivity index (χ1n) is 34.0. The third-order valence-electron chi connectivity index (χ3n) is 14.0. The van der Waals surface area contributed by atoms with Gasteiger partial charge in [-0.05, 0) is 141 Å². The summed E-state index contributed by atoms with van der Waals surface area (Å²) in [5, 5.41) is 0. The molecule has 1 atom stereocenters. The van der Waals surface area contributed by atoms with Gasteiger partial charge in [0.15, 0.2) is 6.10 Å². The number of allylic oxidation sites excluding steroid dienone is 26. The Hall–Kier alpha value is -4.97. The first kappa shape index (κ1) is 78.0. The number of ether oxygens (including phenoxy) is 3. The van der Waals surface area contributed by atoms with Crippen LogP contribution in [0.15, 0.2) is 158 Å². The second-order valence-electron chi connectivity index (χ2n) is 22.0. The van der Waals surface area contributed by atoms with Crippen molar-refractivity contribution in [3.8, 4) is 0 Å². The van der Waals surface area contributed by atoms with Crippen LogP contribution in [0.2, 0.25) is 0 Å². The number of unbranched alkanes of at least 4 members (excludes halogenated alkanes) is 23. The number of carbonyl (C=O) groups excluding carboxylic acids is 3. The molecule has 0 aliphatic carbocycles. The molecular weight excluding hydrogens is 1020 g/mol. The zero-order valence-corrected chi connectivity index (χ0v) is 53.7. The molecule has 0 aliphatic rings. The highest BCUT2D eigenvalue weighted by Crippen LogP contribution is 2.15. The number of esters is 3. The fourth-order valence-electron chi connectivity index (χ4n) is 8.98. The topological polar surface area (TPSA) is 78.9 Å². The van der Waals surface area contributed by atoms with Gasteiger partial charge in [0.1, 0.15) is 13.2 Å². The average Bonchev–Trinajstić information content (AvgIpc) is 3.49. The molecule has 0 fully saturated rings. The van der Waals surface area contributed by atoms with Crippen LogP contribution in [-0.2, 0) is 28.6 Å². The number of hydrogen-bond donors (Lipinski definition) is 0. The fourth-order valence-corrected chi connectivity index (χ4v) is 8.98. The molecule has 83 heavy (non-hydrogen) atoms. The lowest BCUT2D eigenvalue weighted by atomic mass is 10.1. The minimum absolute atomic E-state index is 0.111. The van der Waals surface area contributed by atoms with E-state index in [9.17, 15) is 14.4 Å². The van der Waals surface area contributed by atoms with Crippen molar-refractivity contribution in [2.75, 3.05) is 13.2 Å². The third kappa shape index (κ3) is 67.7. The van der Waals surface area contributed by atoms with E-state index in [4.69, 9.17) is 14.2 Å². The Morgan fingerprint density at radius 1 is 0.253 bits per heavy atom. The zero-order chi connectivity index (χ0) is 59.9.